The molecule has 0 aliphatic heterocycles. The highest BCUT2D eigenvalue weighted by atomic mass is 35.5. The van der Waals surface area contributed by atoms with Gasteiger partial charge in [0.2, 0.25) is 5.91 Å². The monoisotopic (exact) mass is 448 g/mol. The average Bonchev–Trinajstić information content (AvgIpc) is 2.71. The van der Waals surface area contributed by atoms with Crippen LogP contribution < -0.4 is 14.8 Å². The second-order valence-electron chi connectivity index (χ2n) is 6.33. The summed E-state index contributed by atoms with van der Waals surface area (Å²) in [6.07, 6.45) is 0.0113. The Morgan fingerprint density at radius 2 is 1.63 bits per heavy atom. The number of hydrogen-bond acceptors (Lipinski definition) is 4. The number of benzene rings is 3. The number of rotatable bonds is 7. The van der Waals surface area contributed by atoms with Crippen LogP contribution in [0.2, 0.25) is 5.02 Å². The number of methoxy groups -OCH3 is 1. The molecular formula is C21H18ClFN2O4S. The first-order valence-corrected chi connectivity index (χ1v) is 10.6. The minimum Gasteiger partial charge on any atom is -0.495 e. The topological polar surface area (TPSA) is 84.5 Å². The van der Waals surface area contributed by atoms with E-state index in [4.69, 9.17) is 16.3 Å². The summed E-state index contributed by atoms with van der Waals surface area (Å²) in [7, 11) is -2.65. The van der Waals surface area contributed by atoms with Crippen LogP contribution in [0.5, 0.6) is 5.75 Å². The van der Waals surface area contributed by atoms with Crippen molar-refractivity contribution in [2.75, 3.05) is 17.1 Å². The van der Waals surface area contributed by atoms with E-state index in [1.807, 2.05) is 0 Å². The molecule has 1 amide bonds. The third-order valence-corrected chi connectivity index (χ3v) is 5.77. The van der Waals surface area contributed by atoms with Gasteiger partial charge in [-0.15, -0.1) is 0 Å². The molecule has 3 aromatic rings. The van der Waals surface area contributed by atoms with Crippen LogP contribution in [0, 0.1) is 5.82 Å². The summed E-state index contributed by atoms with van der Waals surface area (Å²) in [6.45, 7) is 0. The van der Waals surface area contributed by atoms with Gasteiger partial charge >= 0.3 is 0 Å². The van der Waals surface area contributed by atoms with Crippen LogP contribution in [0.15, 0.2) is 71.6 Å². The summed E-state index contributed by atoms with van der Waals surface area (Å²) in [5.41, 5.74) is 1.23. The van der Waals surface area contributed by atoms with Crippen LogP contribution in [0.4, 0.5) is 15.8 Å². The zero-order chi connectivity index (χ0) is 21.7. The zero-order valence-corrected chi connectivity index (χ0v) is 17.4. The van der Waals surface area contributed by atoms with Gasteiger partial charge in [0.05, 0.1) is 13.5 Å². The van der Waals surface area contributed by atoms with Gasteiger partial charge in [0.1, 0.15) is 16.5 Å². The first kappa shape index (κ1) is 21.6. The Morgan fingerprint density at radius 3 is 2.27 bits per heavy atom. The predicted molar refractivity (Wildman–Crippen MR) is 114 cm³/mol. The van der Waals surface area contributed by atoms with Gasteiger partial charge in [-0.3, -0.25) is 9.52 Å². The molecule has 0 saturated heterocycles. The smallest absolute Gasteiger partial charge is 0.265 e. The number of halogens is 2. The Balaban J connectivity index is 1.81. The summed E-state index contributed by atoms with van der Waals surface area (Å²) in [4.78, 5) is 12.2. The maximum absolute atomic E-state index is 13.0. The van der Waals surface area contributed by atoms with Gasteiger partial charge in [0.15, 0.2) is 0 Å². The molecular weight excluding hydrogens is 431 g/mol. The minimum absolute atomic E-state index is 0.0113. The van der Waals surface area contributed by atoms with E-state index in [1.165, 1.54) is 61.7 Å². The number of carbonyl (C=O) groups excluding carboxylic acids is 1. The van der Waals surface area contributed by atoms with E-state index in [9.17, 15) is 17.6 Å². The number of ether oxygens (including phenoxy) is 1. The van der Waals surface area contributed by atoms with Gasteiger partial charge in [-0.1, -0.05) is 23.7 Å². The fourth-order valence-electron chi connectivity index (χ4n) is 2.69. The summed E-state index contributed by atoms with van der Waals surface area (Å²) >= 11 is 5.83. The molecule has 0 spiro atoms. The minimum atomic E-state index is -4.00. The van der Waals surface area contributed by atoms with Crippen molar-refractivity contribution in [3.8, 4) is 5.75 Å². The van der Waals surface area contributed by atoms with Crippen molar-refractivity contribution in [2.45, 2.75) is 11.3 Å². The highest BCUT2D eigenvalue weighted by molar-refractivity contribution is 7.92. The third-order valence-electron chi connectivity index (χ3n) is 4.11. The zero-order valence-electron chi connectivity index (χ0n) is 15.9. The molecule has 0 bridgehead atoms. The number of carbonyl (C=O) groups is 1. The second-order valence-corrected chi connectivity index (χ2v) is 8.42. The molecule has 2 N–H and O–H groups in total. The number of anilines is 2. The standard InChI is InChI=1S/C21H18ClFN2O4S/c1-29-19-11-10-18(24-21(26)12-14-2-6-16(23)7-3-14)13-20(19)30(27,28)25-17-8-4-15(22)5-9-17/h2-11,13,25H,12H2,1H3,(H,24,26). The molecule has 0 saturated carbocycles. The van der Waals surface area contributed by atoms with Crippen molar-refractivity contribution in [3.63, 3.8) is 0 Å². The molecule has 0 fully saturated rings. The molecule has 0 atom stereocenters. The highest BCUT2D eigenvalue weighted by Gasteiger charge is 2.21. The van der Waals surface area contributed by atoms with Crippen LogP contribution in [0.25, 0.3) is 0 Å². The lowest BCUT2D eigenvalue weighted by atomic mass is 10.1. The van der Waals surface area contributed by atoms with Crippen molar-refractivity contribution >= 4 is 38.9 Å². The van der Waals surface area contributed by atoms with Crippen LogP contribution in [-0.2, 0) is 21.2 Å². The lowest BCUT2D eigenvalue weighted by molar-refractivity contribution is -0.115. The first-order chi connectivity index (χ1) is 14.3. The summed E-state index contributed by atoms with van der Waals surface area (Å²) in [6, 6.07) is 16.0. The summed E-state index contributed by atoms with van der Waals surface area (Å²) in [5.74, 6) is -0.647. The lowest BCUT2D eigenvalue weighted by Gasteiger charge is -2.14. The van der Waals surface area contributed by atoms with Crippen LogP contribution in [-0.4, -0.2) is 21.4 Å². The van der Waals surface area contributed by atoms with Gasteiger partial charge in [0, 0.05) is 16.4 Å². The van der Waals surface area contributed by atoms with E-state index < -0.39 is 15.8 Å². The number of nitrogens with one attached hydrogen (secondary N) is 2. The molecule has 0 aliphatic carbocycles. The van der Waals surface area contributed by atoms with Crippen molar-refractivity contribution in [2.24, 2.45) is 0 Å². The molecule has 6 nitrogen and oxygen atoms in total. The molecule has 0 radical (unpaired) electrons. The van der Waals surface area contributed by atoms with E-state index in [2.05, 4.69) is 10.0 Å². The van der Waals surface area contributed by atoms with Crippen LogP contribution in [0.1, 0.15) is 5.56 Å². The predicted octanol–water partition coefficient (Wildman–Crippen LogP) is 4.47. The van der Waals surface area contributed by atoms with E-state index in [0.29, 0.717) is 16.3 Å². The first-order valence-electron chi connectivity index (χ1n) is 8.77. The molecule has 3 aromatic carbocycles. The largest absolute Gasteiger partial charge is 0.495 e. The maximum Gasteiger partial charge on any atom is 0.265 e. The molecule has 0 aromatic heterocycles. The molecule has 0 heterocycles. The van der Waals surface area contributed by atoms with Crippen molar-refractivity contribution in [1.29, 1.82) is 0 Å². The van der Waals surface area contributed by atoms with E-state index in [0.717, 1.165) is 0 Å². The van der Waals surface area contributed by atoms with E-state index in [1.54, 1.807) is 12.1 Å². The number of hydrogen-bond donors (Lipinski definition) is 2. The molecule has 3 rings (SSSR count). The Hall–Kier alpha value is -3.10. The van der Waals surface area contributed by atoms with Crippen molar-refractivity contribution in [3.05, 3.63) is 83.1 Å². The fourth-order valence-corrected chi connectivity index (χ4v) is 4.07. The van der Waals surface area contributed by atoms with Crippen molar-refractivity contribution < 1.29 is 22.3 Å². The van der Waals surface area contributed by atoms with Gasteiger partial charge in [-0.05, 0) is 60.2 Å². The van der Waals surface area contributed by atoms with Crippen molar-refractivity contribution in [1.82, 2.24) is 0 Å². The van der Waals surface area contributed by atoms with Gasteiger partial charge in [0.25, 0.3) is 10.0 Å². The third kappa shape index (κ3) is 5.49. The Morgan fingerprint density at radius 1 is 1.00 bits per heavy atom. The van der Waals surface area contributed by atoms with Crippen LogP contribution in [0.3, 0.4) is 0 Å². The van der Waals surface area contributed by atoms with Crippen LogP contribution >= 0.6 is 11.6 Å². The SMILES string of the molecule is COc1ccc(NC(=O)Cc2ccc(F)cc2)cc1S(=O)(=O)Nc1ccc(Cl)cc1. The average molecular weight is 449 g/mol. The molecule has 0 unspecified atom stereocenters. The van der Waals surface area contributed by atoms with Gasteiger partial charge in [-0.25, -0.2) is 12.8 Å². The maximum atomic E-state index is 13.0. The Bertz CT molecular complexity index is 1150. The van der Waals surface area contributed by atoms with Gasteiger partial charge < -0.3 is 10.1 Å². The number of sulfonamides is 1. The Kier molecular flexibility index (Phi) is 6.59. The summed E-state index contributed by atoms with van der Waals surface area (Å²) < 4.78 is 46.3. The molecule has 0 aliphatic rings. The Labute approximate surface area is 178 Å². The fraction of sp³-hybridized carbons (Fsp3) is 0.0952. The quantitative estimate of drug-likeness (QED) is 0.558. The number of amides is 1. The molecule has 156 valence electrons. The van der Waals surface area contributed by atoms with E-state index >= 15 is 0 Å². The lowest BCUT2D eigenvalue weighted by Crippen LogP contribution is -2.17. The van der Waals surface area contributed by atoms with Gasteiger partial charge in [-0.2, -0.15) is 0 Å². The normalized spacial score (nSPS) is 11.0. The second kappa shape index (κ2) is 9.15. The summed E-state index contributed by atoms with van der Waals surface area (Å²) in [5, 5.41) is 3.12. The molecule has 30 heavy (non-hydrogen) atoms. The molecule has 9 heteroatoms. The van der Waals surface area contributed by atoms with E-state index in [-0.39, 0.29) is 28.7 Å². The highest BCUT2D eigenvalue weighted by Crippen LogP contribution is 2.29.